The molecule has 0 atom stereocenters. The number of carbonyl (C=O) groups excluding carboxylic acids is 1. The van der Waals surface area contributed by atoms with Crippen molar-refractivity contribution >= 4 is 5.91 Å². The van der Waals surface area contributed by atoms with E-state index in [2.05, 4.69) is 6.92 Å². The Kier molecular flexibility index (Phi) is 69.9. The van der Waals surface area contributed by atoms with Crippen molar-refractivity contribution in [2.45, 2.75) is 12.8 Å². The normalized spacial score (nSPS) is 4.90. The van der Waals surface area contributed by atoms with Crippen LogP contribution in [0.3, 0.4) is 0 Å². The molecule has 2 nitrogen and oxygen atoms in total. The van der Waals surface area contributed by atoms with Crippen LogP contribution in [0.2, 0.25) is 0 Å². The molecule has 0 radical (unpaired) electrons. The minimum atomic E-state index is -0.273. The molecule has 0 bridgehead atoms. The summed E-state index contributed by atoms with van der Waals surface area (Å²) >= 11 is 0. The molecule has 0 saturated carbocycles. The first-order valence-corrected chi connectivity index (χ1v) is 1.85. The van der Waals surface area contributed by atoms with Gasteiger partial charge in [0.2, 0.25) is 5.91 Å². The third kappa shape index (κ3) is 37.6. The van der Waals surface area contributed by atoms with Crippen molar-refractivity contribution in [2.24, 2.45) is 5.73 Å². The first-order valence-electron chi connectivity index (χ1n) is 1.85. The van der Waals surface area contributed by atoms with Gasteiger partial charge in [0.25, 0.3) is 0 Å². The Balaban J connectivity index is -0.0000000208. The predicted molar refractivity (Wildman–Crippen MR) is 36.6 cm³/mol. The number of hydrogen-bond acceptors (Lipinski definition) is 1. The second kappa shape index (κ2) is 22.6. The average molecular weight is 247 g/mol. The molecule has 0 fully saturated rings. The van der Waals surface area contributed by atoms with Gasteiger partial charge in [-0.2, -0.15) is 6.42 Å². The number of nitrogens with two attached hydrogens (primary N) is 1. The third-order valence-corrected chi connectivity index (χ3v) is 0.423. The van der Waals surface area contributed by atoms with Crippen LogP contribution >= 0.6 is 0 Å². The maximum atomic E-state index is 9.78. The van der Waals surface area contributed by atoms with Gasteiger partial charge >= 0.3 is 19.5 Å². The second-order valence-electron chi connectivity index (χ2n) is 1.07. The maximum absolute atomic E-state index is 9.78. The summed E-state index contributed by atoms with van der Waals surface area (Å²) in [6.07, 6.45) is 1.01. The van der Waals surface area contributed by atoms with E-state index in [1.165, 1.54) is 0 Å². The minimum Gasteiger partial charge on any atom is -0.370 e. The zero-order valence-corrected chi connectivity index (χ0v) is 13.0. The van der Waals surface area contributed by atoms with Gasteiger partial charge in [-0.25, -0.2) is 0 Å². The molecule has 0 aliphatic carbocycles. The maximum Gasteiger partial charge on any atom is 2.00 e. The van der Waals surface area contributed by atoms with Gasteiger partial charge in [0.1, 0.15) is 0 Å². The van der Waals surface area contributed by atoms with Crippen molar-refractivity contribution in [3.05, 3.63) is 21.8 Å². The molecule has 2 N–H and O–H groups in total. The molecule has 0 heterocycles. The fourth-order valence-corrected chi connectivity index (χ4v) is 0.174. The van der Waals surface area contributed by atoms with Crippen LogP contribution in [0.4, 0.5) is 0 Å². The van der Waals surface area contributed by atoms with Gasteiger partial charge in [-0.05, 0) is 6.42 Å². The van der Waals surface area contributed by atoms with E-state index in [-0.39, 0.29) is 59.7 Å². The van der Waals surface area contributed by atoms with Crippen molar-refractivity contribution < 1.29 is 43.8 Å². The van der Waals surface area contributed by atoms with E-state index >= 15 is 0 Å². The van der Waals surface area contributed by atoms with Crippen molar-refractivity contribution in [1.29, 1.82) is 0 Å². The molecular weight excluding hydrogens is 233 g/mol. The van der Waals surface area contributed by atoms with Crippen molar-refractivity contribution in [1.82, 2.24) is 0 Å². The van der Waals surface area contributed by atoms with Gasteiger partial charge in [0.15, 0.2) is 0 Å². The van der Waals surface area contributed by atoms with Gasteiger partial charge in [-0.3, -0.25) is 4.79 Å². The number of primary amides is 1. The van der Waals surface area contributed by atoms with Crippen LogP contribution in [0.25, 0.3) is 0 Å². The molecule has 0 aromatic heterocycles. The smallest absolute Gasteiger partial charge is 0.370 e. The van der Waals surface area contributed by atoms with Gasteiger partial charge in [0.05, 0.1) is 0 Å². The Bertz CT molecular complexity index is 59.7. The third-order valence-electron chi connectivity index (χ3n) is 0.423. The van der Waals surface area contributed by atoms with Crippen LogP contribution in [0.1, 0.15) is 12.8 Å². The van der Waals surface area contributed by atoms with Gasteiger partial charge < -0.3 is 27.5 Å². The quantitative estimate of drug-likeness (QED) is 0.573. The van der Waals surface area contributed by atoms with Crippen LogP contribution in [0.15, 0.2) is 0 Å². The zero-order valence-electron chi connectivity index (χ0n) is 7.02. The summed E-state index contributed by atoms with van der Waals surface area (Å²) in [4.78, 5) is 9.78. The largest absolute Gasteiger partial charge is 2.00 e. The van der Waals surface area contributed by atoms with Crippen LogP contribution in [0, 0.1) is 21.8 Å². The Hall–Kier alpha value is 0.717. The summed E-state index contributed by atoms with van der Waals surface area (Å²) in [5, 5.41) is 0. The van der Waals surface area contributed by atoms with E-state index in [0.29, 0.717) is 12.8 Å². The topological polar surface area (TPSA) is 43.1 Å². The van der Waals surface area contributed by atoms with E-state index in [1.807, 2.05) is 0 Å². The number of hydrogen-bond donors (Lipinski definition) is 1. The van der Waals surface area contributed by atoms with Gasteiger partial charge in [-0.15, -0.1) is 0 Å². The predicted octanol–water partition coefficient (Wildman–Crippen LogP) is 0.982. The van der Waals surface area contributed by atoms with Crippen LogP contribution < -0.4 is 5.73 Å². The first-order chi connectivity index (χ1) is 2.77. The molecule has 0 aliphatic rings. The summed E-state index contributed by atoms with van der Waals surface area (Å²) < 4.78 is 0. The number of amides is 1. The average Bonchev–Trinajstić information content (AvgIpc) is 1.35. The standard InChI is InChI=1S/C4H8NO.2CH3.2Zn/c1-2-3-4(5)6;;;;/h1-3H2,(H2,5,6);2*1H3;;/q3*-1;;+2. The fourth-order valence-electron chi connectivity index (χ4n) is 0.174. The molecule has 0 aromatic carbocycles. The monoisotopic (exact) mass is 244 g/mol. The van der Waals surface area contributed by atoms with Crippen molar-refractivity contribution in [3.63, 3.8) is 0 Å². The van der Waals surface area contributed by atoms with Crippen LogP contribution in [-0.2, 0) is 43.8 Å². The molecule has 1 amide bonds. The zero-order chi connectivity index (χ0) is 4.99. The molecule has 0 unspecified atom stereocenters. The Morgan fingerprint density at radius 2 is 1.70 bits per heavy atom. The molecule has 0 rings (SSSR count). The molecular formula is C6H14NOZn2-. The summed E-state index contributed by atoms with van der Waals surface area (Å²) in [5.41, 5.74) is 4.72. The summed E-state index contributed by atoms with van der Waals surface area (Å²) in [7, 11) is 0. The minimum absolute atomic E-state index is 0. The molecule has 0 saturated heterocycles. The summed E-state index contributed by atoms with van der Waals surface area (Å²) in [5.74, 6) is -0.273. The van der Waals surface area contributed by atoms with Crippen LogP contribution in [0.5, 0.6) is 0 Å². The van der Waals surface area contributed by atoms with E-state index in [4.69, 9.17) is 5.73 Å². The van der Waals surface area contributed by atoms with Crippen molar-refractivity contribution in [3.8, 4) is 0 Å². The Morgan fingerprint density at radius 3 is 1.70 bits per heavy atom. The molecule has 10 heavy (non-hydrogen) atoms. The second-order valence-corrected chi connectivity index (χ2v) is 1.07. The van der Waals surface area contributed by atoms with Gasteiger partial charge in [-0.1, -0.05) is 0 Å². The fraction of sp³-hybridized carbons (Fsp3) is 0.333. The van der Waals surface area contributed by atoms with Crippen LogP contribution in [-0.4, -0.2) is 5.91 Å². The van der Waals surface area contributed by atoms with E-state index < -0.39 is 0 Å². The van der Waals surface area contributed by atoms with E-state index in [0.717, 1.165) is 0 Å². The molecule has 0 aromatic rings. The van der Waals surface area contributed by atoms with E-state index in [1.54, 1.807) is 0 Å². The summed E-state index contributed by atoms with van der Waals surface area (Å²) in [6, 6.07) is 0. The molecule has 0 aliphatic heterocycles. The molecule has 4 heteroatoms. The Morgan fingerprint density at radius 1 is 1.40 bits per heavy atom. The number of carbonyl (C=O) groups is 1. The van der Waals surface area contributed by atoms with E-state index in [9.17, 15) is 4.79 Å². The summed E-state index contributed by atoms with van der Waals surface area (Å²) in [6.45, 7) is 3.42. The van der Waals surface area contributed by atoms with Crippen molar-refractivity contribution in [2.75, 3.05) is 0 Å². The van der Waals surface area contributed by atoms with Gasteiger partial charge in [0, 0.05) is 19.5 Å². The first kappa shape index (κ1) is 31.0. The number of rotatable bonds is 2. The SMILES string of the molecule is [CH2-]CCC(N)=O.[CH3-].[CH3-].[Zn+2].[Zn]. The Labute approximate surface area is 89.8 Å². The molecule has 54 valence electrons. The molecule has 0 spiro atoms.